The Balaban J connectivity index is 2.33. The molecule has 0 bridgehead atoms. The Hall–Kier alpha value is -2.10. The molecular formula is C17H23NO3. The molecule has 21 heavy (non-hydrogen) atoms. The normalized spacial score (nSPS) is 14.1. The summed E-state index contributed by atoms with van der Waals surface area (Å²) in [6.45, 7) is 6.31. The Morgan fingerprint density at radius 3 is 2.86 bits per heavy atom. The summed E-state index contributed by atoms with van der Waals surface area (Å²) in [4.78, 5) is 14.5. The molecule has 1 N–H and O–H groups in total. The zero-order chi connectivity index (χ0) is 15.7. The van der Waals surface area contributed by atoms with Crippen molar-refractivity contribution < 1.29 is 14.3 Å². The Morgan fingerprint density at radius 1 is 1.48 bits per heavy atom. The SMILES string of the molecule is C/C=C/[C@H](C)/C=C(/C)C/C=C/CCc1nc(C(=O)O)co1. The van der Waals surface area contributed by atoms with Crippen LogP contribution in [0.2, 0.25) is 0 Å². The number of rotatable bonds is 8. The molecule has 0 aliphatic rings. The second-order valence-corrected chi connectivity index (χ2v) is 5.04. The van der Waals surface area contributed by atoms with E-state index in [1.807, 2.05) is 6.92 Å². The third-order valence-corrected chi connectivity index (χ3v) is 2.95. The maximum absolute atomic E-state index is 10.7. The van der Waals surface area contributed by atoms with Gasteiger partial charge in [0.25, 0.3) is 0 Å². The molecule has 0 aliphatic heterocycles. The number of carboxylic acids is 1. The van der Waals surface area contributed by atoms with Gasteiger partial charge < -0.3 is 9.52 Å². The van der Waals surface area contributed by atoms with Crippen LogP contribution in [0.5, 0.6) is 0 Å². The predicted molar refractivity (Wildman–Crippen MR) is 83.3 cm³/mol. The standard InChI is InChI=1S/C17H23NO3/c1-4-8-13(2)11-14(3)9-6-5-7-10-16-18-15(12-21-16)17(19)20/h4-6,8,11-13H,7,9-10H2,1-3H3,(H,19,20)/b6-5+,8-4+,14-11-/t13-/m0/s1. The van der Waals surface area contributed by atoms with Crippen molar-refractivity contribution in [2.45, 2.75) is 40.0 Å². The number of hydrogen-bond acceptors (Lipinski definition) is 3. The summed E-state index contributed by atoms with van der Waals surface area (Å²) in [6.07, 6.45) is 14.2. The van der Waals surface area contributed by atoms with Crippen LogP contribution in [-0.4, -0.2) is 16.1 Å². The number of aryl methyl sites for hydroxylation is 1. The summed E-state index contributed by atoms with van der Waals surface area (Å²) in [7, 11) is 0. The summed E-state index contributed by atoms with van der Waals surface area (Å²) in [6, 6.07) is 0. The van der Waals surface area contributed by atoms with E-state index in [1.54, 1.807) is 0 Å². The Bertz CT molecular complexity index is 538. The van der Waals surface area contributed by atoms with E-state index >= 15 is 0 Å². The van der Waals surface area contributed by atoms with Gasteiger partial charge in [-0.25, -0.2) is 9.78 Å². The monoisotopic (exact) mass is 289 g/mol. The molecule has 4 nitrogen and oxygen atoms in total. The first kappa shape index (κ1) is 17.0. The smallest absolute Gasteiger partial charge is 0.357 e. The predicted octanol–water partition coefficient (Wildman–Crippen LogP) is 4.41. The van der Waals surface area contributed by atoms with Crippen molar-refractivity contribution in [2.24, 2.45) is 5.92 Å². The fourth-order valence-corrected chi connectivity index (χ4v) is 1.99. The summed E-state index contributed by atoms with van der Waals surface area (Å²) < 4.78 is 5.09. The zero-order valence-electron chi connectivity index (χ0n) is 12.9. The molecular weight excluding hydrogens is 266 g/mol. The van der Waals surface area contributed by atoms with Gasteiger partial charge in [-0.15, -0.1) is 0 Å². The van der Waals surface area contributed by atoms with Crippen LogP contribution in [-0.2, 0) is 6.42 Å². The highest BCUT2D eigenvalue weighted by Gasteiger charge is 2.09. The second kappa shape index (κ2) is 8.95. The molecule has 0 saturated heterocycles. The molecule has 4 heteroatoms. The molecule has 1 aromatic heterocycles. The molecule has 0 aromatic carbocycles. The van der Waals surface area contributed by atoms with E-state index in [2.05, 4.69) is 49.2 Å². The van der Waals surface area contributed by atoms with Crippen molar-refractivity contribution >= 4 is 5.97 Å². The van der Waals surface area contributed by atoms with E-state index in [9.17, 15) is 4.79 Å². The first-order chi connectivity index (χ1) is 10.0. The van der Waals surface area contributed by atoms with Crippen molar-refractivity contribution in [3.63, 3.8) is 0 Å². The summed E-state index contributed by atoms with van der Waals surface area (Å²) in [5.74, 6) is -0.132. The lowest BCUT2D eigenvalue weighted by molar-refractivity contribution is 0.0690. The average molecular weight is 289 g/mol. The minimum absolute atomic E-state index is 0.0364. The van der Waals surface area contributed by atoms with Gasteiger partial charge in [0.05, 0.1) is 0 Å². The van der Waals surface area contributed by atoms with E-state index in [-0.39, 0.29) is 5.69 Å². The maximum atomic E-state index is 10.7. The minimum atomic E-state index is -1.06. The third-order valence-electron chi connectivity index (χ3n) is 2.95. The first-order valence-electron chi connectivity index (χ1n) is 7.15. The Labute approximate surface area is 125 Å². The first-order valence-corrected chi connectivity index (χ1v) is 7.15. The van der Waals surface area contributed by atoms with Gasteiger partial charge in [0.1, 0.15) is 6.26 Å². The van der Waals surface area contributed by atoms with Crippen molar-refractivity contribution in [3.8, 4) is 0 Å². The number of aromatic nitrogens is 1. The van der Waals surface area contributed by atoms with Gasteiger partial charge in [-0.05, 0) is 32.6 Å². The number of oxazole rings is 1. The van der Waals surface area contributed by atoms with Crippen LogP contribution in [0.3, 0.4) is 0 Å². The fourth-order valence-electron chi connectivity index (χ4n) is 1.99. The van der Waals surface area contributed by atoms with Gasteiger partial charge >= 0.3 is 5.97 Å². The molecule has 0 amide bonds. The second-order valence-electron chi connectivity index (χ2n) is 5.04. The highest BCUT2D eigenvalue weighted by Crippen LogP contribution is 2.10. The molecule has 0 radical (unpaired) electrons. The van der Waals surface area contributed by atoms with Gasteiger partial charge in [-0.2, -0.15) is 0 Å². The molecule has 114 valence electrons. The van der Waals surface area contributed by atoms with Crippen LogP contribution in [0.15, 0.2) is 46.6 Å². The summed E-state index contributed by atoms with van der Waals surface area (Å²) >= 11 is 0. The summed E-state index contributed by atoms with van der Waals surface area (Å²) in [5.41, 5.74) is 1.30. The molecule has 0 unspecified atom stereocenters. The van der Waals surface area contributed by atoms with Crippen LogP contribution >= 0.6 is 0 Å². The highest BCUT2D eigenvalue weighted by atomic mass is 16.4. The lowest BCUT2D eigenvalue weighted by Gasteiger charge is -2.01. The van der Waals surface area contributed by atoms with E-state index in [0.29, 0.717) is 18.2 Å². The van der Waals surface area contributed by atoms with Crippen LogP contribution in [0.25, 0.3) is 0 Å². The van der Waals surface area contributed by atoms with Crippen LogP contribution in [0.4, 0.5) is 0 Å². The molecule has 1 aromatic rings. The van der Waals surface area contributed by atoms with Gasteiger partial charge in [-0.1, -0.05) is 42.9 Å². The number of hydrogen-bond donors (Lipinski definition) is 1. The lowest BCUT2D eigenvalue weighted by Crippen LogP contribution is -1.96. The van der Waals surface area contributed by atoms with Gasteiger partial charge in [0.15, 0.2) is 11.6 Å². The summed E-state index contributed by atoms with van der Waals surface area (Å²) in [5, 5.41) is 8.73. The number of aromatic carboxylic acids is 1. The number of carbonyl (C=O) groups is 1. The molecule has 1 atom stereocenters. The van der Waals surface area contributed by atoms with Gasteiger partial charge in [-0.3, -0.25) is 0 Å². The van der Waals surface area contributed by atoms with Gasteiger partial charge in [0.2, 0.25) is 0 Å². The van der Waals surface area contributed by atoms with Crippen molar-refractivity contribution in [2.75, 3.05) is 0 Å². The van der Waals surface area contributed by atoms with E-state index in [4.69, 9.17) is 9.52 Å². The number of nitrogens with zero attached hydrogens (tertiary/aromatic N) is 1. The van der Waals surface area contributed by atoms with Crippen molar-refractivity contribution in [1.82, 2.24) is 4.98 Å². The molecule has 1 heterocycles. The quantitative estimate of drug-likeness (QED) is 0.720. The zero-order valence-corrected chi connectivity index (χ0v) is 12.9. The molecule has 0 fully saturated rings. The minimum Gasteiger partial charge on any atom is -0.476 e. The van der Waals surface area contributed by atoms with Crippen LogP contribution in [0, 0.1) is 5.92 Å². The van der Waals surface area contributed by atoms with Crippen LogP contribution < -0.4 is 0 Å². The molecule has 0 aliphatic carbocycles. The van der Waals surface area contributed by atoms with Crippen molar-refractivity contribution in [3.05, 3.63) is 53.8 Å². The average Bonchev–Trinajstić information content (AvgIpc) is 2.87. The highest BCUT2D eigenvalue weighted by molar-refractivity contribution is 5.84. The molecule has 0 saturated carbocycles. The van der Waals surface area contributed by atoms with Crippen molar-refractivity contribution in [1.29, 1.82) is 0 Å². The lowest BCUT2D eigenvalue weighted by atomic mass is 10.1. The number of carboxylic acid groups (broad SMARTS) is 1. The maximum Gasteiger partial charge on any atom is 0.357 e. The third kappa shape index (κ3) is 6.75. The Kier molecular flexibility index (Phi) is 7.23. The largest absolute Gasteiger partial charge is 0.476 e. The van der Waals surface area contributed by atoms with Gasteiger partial charge in [0, 0.05) is 6.42 Å². The fraction of sp³-hybridized carbons (Fsp3) is 0.412. The van der Waals surface area contributed by atoms with E-state index < -0.39 is 5.97 Å². The molecule has 0 spiro atoms. The number of allylic oxidation sites excluding steroid dienone is 6. The topological polar surface area (TPSA) is 63.3 Å². The van der Waals surface area contributed by atoms with Crippen LogP contribution in [0.1, 0.15) is 50.0 Å². The Morgan fingerprint density at radius 2 is 2.24 bits per heavy atom. The van der Waals surface area contributed by atoms with E-state index in [0.717, 1.165) is 12.8 Å². The molecule has 1 rings (SSSR count). The van der Waals surface area contributed by atoms with E-state index in [1.165, 1.54) is 11.8 Å².